The Balaban J connectivity index is 2.11. The molecule has 0 heterocycles. The lowest BCUT2D eigenvalue weighted by Gasteiger charge is -2.13. The van der Waals surface area contributed by atoms with Gasteiger partial charge in [0.1, 0.15) is 17.5 Å². The molecule has 2 aromatic rings. The summed E-state index contributed by atoms with van der Waals surface area (Å²) in [4.78, 5) is 0. The summed E-state index contributed by atoms with van der Waals surface area (Å²) in [5.74, 6) is -1.13. The number of ether oxygens (including phenoxy) is 1. The summed E-state index contributed by atoms with van der Waals surface area (Å²) in [7, 11) is 0. The molecular formula is C18H15F2N3O. The van der Waals surface area contributed by atoms with Crippen LogP contribution in [0.5, 0.6) is 5.75 Å². The summed E-state index contributed by atoms with van der Waals surface area (Å²) in [5.41, 5.74) is 0.375. The predicted octanol–water partition coefficient (Wildman–Crippen LogP) is 4.13. The van der Waals surface area contributed by atoms with Crippen LogP contribution in [-0.4, -0.2) is 6.10 Å². The maximum Gasteiger partial charge on any atom is 0.184 e. The third-order valence-corrected chi connectivity index (χ3v) is 3.33. The van der Waals surface area contributed by atoms with Crippen LogP contribution >= 0.6 is 0 Å². The van der Waals surface area contributed by atoms with Crippen molar-refractivity contribution in [2.75, 3.05) is 5.32 Å². The quantitative estimate of drug-likeness (QED) is 0.866. The maximum atomic E-state index is 13.8. The highest BCUT2D eigenvalue weighted by Crippen LogP contribution is 2.22. The van der Waals surface area contributed by atoms with Gasteiger partial charge in [-0.3, -0.25) is 0 Å². The zero-order chi connectivity index (χ0) is 17.5. The van der Waals surface area contributed by atoms with E-state index in [9.17, 15) is 8.78 Å². The number of anilines is 1. The standard InChI is InChI=1S/C18H15F2N3O/c1-2-14(10-22)24-15-5-3-4-12(6-15)11-23-18-16(19)7-13(9-21)8-17(18)20/h3-8,14,23H,2,11H2,1H3. The van der Waals surface area contributed by atoms with E-state index in [0.717, 1.165) is 17.7 Å². The van der Waals surface area contributed by atoms with E-state index in [1.165, 1.54) is 0 Å². The van der Waals surface area contributed by atoms with Crippen LogP contribution in [0.2, 0.25) is 0 Å². The van der Waals surface area contributed by atoms with E-state index in [1.54, 1.807) is 30.3 Å². The van der Waals surface area contributed by atoms with Gasteiger partial charge < -0.3 is 10.1 Å². The average molecular weight is 327 g/mol. The molecule has 0 aliphatic rings. The molecule has 0 radical (unpaired) electrons. The fourth-order valence-corrected chi connectivity index (χ4v) is 2.09. The fourth-order valence-electron chi connectivity index (χ4n) is 2.09. The summed E-state index contributed by atoms with van der Waals surface area (Å²) in [6.07, 6.45) is 0.0160. The summed E-state index contributed by atoms with van der Waals surface area (Å²) in [6, 6.07) is 12.6. The molecule has 2 aromatic carbocycles. The van der Waals surface area contributed by atoms with Crippen LogP contribution in [0.15, 0.2) is 36.4 Å². The number of benzene rings is 2. The van der Waals surface area contributed by atoms with Crippen molar-refractivity contribution in [1.29, 1.82) is 10.5 Å². The molecule has 1 atom stereocenters. The van der Waals surface area contributed by atoms with Crippen molar-refractivity contribution >= 4 is 5.69 Å². The molecular weight excluding hydrogens is 312 g/mol. The molecule has 0 bridgehead atoms. The first kappa shape index (κ1) is 17.2. The predicted molar refractivity (Wildman–Crippen MR) is 85.2 cm³/mol. The first-order valence-electron chi connectivity index (χ1n) is 7.35. The molecule has 0 aliphatic heterocycles. The van der Waals surface area contributed by atoms with Crippen molar-refractivity contribution < 1.29 is 13.5 Å². The normalized spacial score (nSPS) is 11.2. The van der Waals surface area contributed by atoms with Gasteiger partial charge in [-0.15, -0.1) is 0 Å². The highest BCUT2D eigenvalue weighted by atomic mass is 19.1. The van der Waals surface area contributed by atoms with E-state index < -0.39 is 17.7 Å². The Kier molecular flexibility index (Phi) is 5.70. The van der Waals surface area contributed by atoms with E-state index in [-0.39, 0.29) is 17.8 Å². The van der Waals surface area contributed by atoms with Gasteiger partial charge in [0, 0.05) is 6.54 Å². The zero-order valence-corrected chi connectivity index (χ0v) is 13.0. The number of nitrogens with zero attached hydrogens (tertiary/aromatic N) is 2. The molecule has 0 fully saturated rings. The minimum Gasteiger partial charge on any atom is -0.476 e. The minimum atomic E-state index is -0.825. The largest absolute Gasteiger partial charge is 0.476 e. The van der Waals surface area contributed by atoms with Gasteiger partial charge in [0.15, 0.2) is 17.7 Å². The van der Waals surface area contributed by atoms with Crippen molar-refractivity contribution in [3.8, 4) is 17.9 Å². The maximum absolute atomic E-state index is 13.8. The first-order chi connectivity index (χ1) is 11.6. The van der Waals surface area contributed by atoms with Crippen LogP contribution < -0.4 is 10.1 Å². The van der Waals surface area contributed by atoms with Crippen molar-refractivity contribution in [2.24, 2.45) is 0 Å². The van der Waals surface area contributed by atoms with Gasteiger partial charge in [-0.2, -0.15) is 10.5 Å². The number of nitriles is 2. The van der Waals surface area contributed by atoms with Crippen molar-refractivity contribution in [1.82, 2.24) is 0 Å². The molecule has 0 saturated heterocycles. The molecule has 1 unspecified atom stereocenters. The molecule has 24 heavy (non-hydrogen) atoms. The van der Waals surface area contributed by atoms with Gasteiger partial charge in [-0.1, -0.05) is 19.1 Å². The van der Waals surface area contributed by atoms with E-state index in [2.05, 4.69) is 5.32 Å². The number of hydrogen-bond donors (Lipinski definition) is 1. The Morgan fingerprint density at radius 2 is 1.88 bits per heavy atom. The van der Waals surface area contributed by atoms with Crippen LogP contribution in [0.3, 0.4) is 0 Å². The Morgan fingerprint density at radius 3 is 2.46 bits per heavy atom. The zero-order valence-electron chi connectivity index (χ0n) is 13.0. The molecule has 0 saturated carbocycles. The van der Waals surface area contributed by atoms with Crippen molar-refractivity contribution in [2.45, 2.75) is 26.0 Å². The van der Waals surface area contributed by atoms with Gasteiger partial charge in [0.25, 0.3) is 0 Å². The molecule has 6 heteroatoms. The summed E-state index contributed by atoms with van der Waals surface area (Å²) in [6.45, 7) is 2.01. The Morgan fingerprint density at radius 1 is 1.17 bits per heavy atom. The molecule has 0 spiro atoms. The summed E-state index contributed by atoms with van der Waals surface area (Å²) >= 11 is 0. The molecule has 0 amide bonds. The summed E-state index contributed by atoms with van der Waals surface area (Å²) in [5, 5.41) is 20.3. The third kappa shape index (κ3) is 4.21. The molecule has 122 valence electrons. The fraction of sp³-hybridized carbons (Fsp3) is 0.222. The molecule has 2 rings (SSSR count). The van der Waals surface area contributed by atoms with E-state index >= 15 is 0 Å². The molecule has 1 N–H and O–H groups in total. The van der Waals surface area contributed by atoms with E-state index in [1.807, 2.05) is 13.0 Å². The second-order valence-electron chi connectivity index (χ2n) is 5.07. The van der Waals surface area contributed by atoms with Crippen LogP contribution in [0.4, 0.5) is 14.5 Å². The number of nitrogens with one attached hydrogen (secondary N) is 1. The topological polar surface area (TPSA) is 68.8 Å². The van der Waals surface area contributed by atoms with Gasteiger partial charge in [0.2, 0.25) is 0 Å². The van der Waals surface area contributed by atoms with E-state index in [4.69, 9.17) is 15.3 Å². The first-order valence-corrected chi connectivity index (χ1v) is 7.35. The molecule has 4 nitrogen and oxygen atoms in total. The highest BCUT2D eigenvalue weighted by Gasteiger charge is 2.11. The highest BCUT2D eigenvalue weighted by molar-refractivity contribution is 5.50. The minimum absolute atomic E-state index is 0.0759. The van der Waals surface area contributed by atoms with Crippen molar-refractivity contribution in [3.05, 3.63) is 59.2 Å². The van der Waals surface area contributed by atoms with Gasteiger partial charge in [-0.05, 0) is 36.2 Å². The van der Waals surface area contributed by atoms with Crippen LogP contribution in [0, 0.1) is 34.3 Å². The number of rotatable bonds is 6. The average Bonchev–Trinajstić information content (AvgIpc) is 2.59. The summed E-state index contributed by atoms with van der Waals surface area (Å²) < 4.78 is 33.2. The van der Waals surface area contributed by atoms with Crippen LogP contribution in [-0.2, 0) is 6.54 Å². The number of hydrogen-bond acceptors (Lipinski definition) is 4. The van der Waals surface area contributed by atoms with E-state index in [0.29, 0.717) is 12.2 Å². The van der Waals surface area contributed by atoms with Gasteiger partial charge in [0.05, 0.1) is 11.6 Å². The van der Waals surface area contributed by atoms with Crippen LogP contribution in [0.1, 0.15) is 24.5 Å². The Bertz CT molecular complexity index is 786. The molecule has 0 aromatic heterocycles. The second-order valence-corrected chi connectivity index (χ2v) is 5.07. The van der Waals surface area contributed by atoms with Crippen LogP contribution in [0.25, 0.3) is 0 Å². The smallest absolute Gasteiger partial charge is 0.184 e. The SMILES string of the molecule is CCC(C#N)Oc1cccc(CNc2c(F)cc(C#N)cc2F)c1. The lowest BCUT2D eigenvalue weighted by Crippen LogP contribution is -2.12. The van der Waals surface area contributed by atoms with Gasteiger partial charge in [-0.25, -0.2) is 8.78 Å². The Hall–Kier alpha value is -3.12. The third-order valence-electron chi connectivity index (χ3n) is 3.33. The monoisotopic (exact) mass is 327 g/mol. The lowest BCUT2D eigenvalue weighted by atomic mass is 10.1. The second kappa shape index (κ2) is 7.94. The Labute approximate surface area is 138 Å². The lowest BCUT2D eigenvalue weighted by molar-refractivity contribution is 0.251. The van der Waals surface area contributed by atoms with Crippen molar-refractivity contribution in [3.63, 3.8) is 0 Å². The van der Waals surface area contributed by atoms with Gasteiger partial charge >= 0.3 is 0 Å². The molecule has 0 aliphatic carbocycles. The number of halogens is 2.